The molecule has 2 aromatic heterocycles. The Kier molecular flexibility index (Phi) is 4.36. The molecular weight excluding hydrogens is 354 g/mol. The fourth-order valence-electron chi connectivity index (χ4n) is 5.46. The summed E-state index contributed by atoms with van der Waals surface area (Å²) in [7, 11) is 2.33. The molecule has 3 aromatic rings. The normalized spacial score (nSPS) is 21.7. The van der Waals surface area contributed by atoms with Gasteiger partial charge in [0.05, 0.1) is 0 Å². The van der Waals surface area contributed by atoms with Crippen molar-refractivity contribution >= 4 is 10.9 Å². The van der Waals surface area contributed by atoms with Crippen molar-refractivity contribution in [3.63, 3.8) is 0 Å². The first-order valence-corrected chi connectivity index (χ1v) is 11.1. The highest BCUT2D eigenvalue weighted by atomic mass is 15.2. The van der Waals surface area contributed by atoms with Crippen LogP contribution in [-0.2, 0) is 24.8 Å². The van der Waals surface area contributed by atoms with Crippen molar-refractivity contribution in [1.29, 1.82) is 0 Å². The Morgan fingerprint density at radius 2 is 1.93 bits per heavy atom. The molecule has 1 aromatic carbocycles. The van der Waals surface area contributed by atoms with Gasteiger partial charge >= 0.3 is 0 Å². The van der Waals surface area contributed by atoms with E-state index in [0.29, 0.717) is 12.1 Å². The number of fused-ring (bicyclic) bond motifs is 6. The van der Waals surface area contributed by atoms with E-state index in [4.69, 9.17) is 0 Å². The van der Waals surface area contributed by atoms with Crippen LogP contribution >= 0.6 is 0 Å². The fourth-order valence-corrected chi connectivity index (χ4v) is 5.46. The van der Waals surface area contributed by atoms with Crippen LogP contribution in [0.1, 0.15) is 67.7 Å². The molecule has 1 saturated heterocycles. The van der Waals surface area contributed by atoms with Gasteiger partial charge < -0.3 is 4.57 Å². The lowest BCUT2D eigenvalue weighted by Crippen LogP contribution is -2.34. The van der Waals surface area contributed by atoms with E-state index in [2.05, 4.69) is 79.5 Å². The van der Waals surface area contributed by atoms with E-state index in [1.807, 2.05) is 6.20 Å². The minimum atomic E-state index is 0.176. The van der Waals surface area contributed by atoms with Gasteiger partial charge in [-0.3, -0.25) is 9.88 Å². The van der Waals surface area contributed by atoms with E-state index in [1.54, 1.807) is 11.3 Å². The number of rotatable bonds is 3. The number of benzene rings is 1. The number of likely N-dealkylation sites (N-methyl/N-ethyl adjacent to an activating group) is 1. The lowest BCUT2D eigenvalue weighted by molar-refractivity contribution is 0.222. The van der Waals surface area contributed by atoms with Crippen LogP contribution in [0.25, 0.3) is 10.9 Å². The summed E-state index contributed by atoms with van der Waals surface area (Å²) in [6.45, 7) is 10.0. The second-order valence-corrected chi connectivity index (χ2v) is 10.2. The first-order valence-electron chi connectivity index (χ1n) is 11.1. The fraction of sp³-hybridized carbons (Fsp3) is 0.500. The lowest BCUT2D eigenvalue weighted by atomic mass is 9.85. The molecule has 2 aliphatic heterocycles. The van der Waals surface area contributed by atoms with Crippen molar-refractivity contribution < 1.29 is 0 Å². The number of hydrogen-bond donors (Lipinski definition) is 0. The van der Waals surface area contributed by atoms with Crippen molar-refractivity contribution in [2.24, 2.45) is 0 Å². The smallest absolute Gasteiger partial charge is 0.0486 e. The molecule has 1 fully saturated rings. The highest BCUT2D eigenvalue weighted by molar-refractivity contribution is 5.87. The highest BCUT2D eigenvalue weighted by Crippen LogP contribution is 2.47. The summed E-state index contributed by atoms with van der Waals surface area (Å²) in [5.74, 6) is 0. The monoisotopic (exact) mass is 387 g/mol. The van der Waals surface area contributed by atoms with Crippen LogP contribution in [0.5, 0.6) is 0 Å². The summed E-state index contributed by atoms with van der Waals surface area (Å²) >= 11 is 0. The third kappa shape index (κ3) is 3.11. The van der Waals surface area contributed by atoms with E-state index < -0.39 is 0 Å². The van der Waals surface area contributed by atoms with Gasteiger partial charge in [0, 0.05) is 53.5 Å². The Balaban J connectivity index is 1.61. The van der Waals surface area contributed by atoms with Crippen LogP contribution in [-0.4, -0.2) is 27.5 Å². The van der Waals surface area contributed by atoms with Crippen LogP contribution in [0.3, 0.4) is 0 Å². The van der Waals surface area contributed by atoms with E-state index in [1.165, 1.54) is 41.3 Å². The Morgan fingerprint density at radius 3 is 2.66 bits per heavy atom. The Hall–Kier alpha value is -2.13. The lowest BCUT2D eigenvalue weighted by Gasteiger charge is -2.32. The molecule has 2 atom stereocenters. The van der Waals surface area contributed by atoms with Crippen molar-refractivity contribution in [2.75, 3.05) is 7.05 Å². The molecule has 2 bridgehead atoms. The number of nitrogens with zero attached hydrogens (tertiary/aromatic N) is 3. The molecule has 0 amide bonds. The zero-order valence-electron chi connectivity index (χ0n) is 18.5. The van der Waals surface area contributed by atoms with E-state index in [0.717, 1.165) is 18.7 Å². The van der Waals surface area contributed by atoms with Gasteiger partial charge in [0.15, 0.2) is 0 Å². The quantitative estimate of drug-likeness (QED) is 0.585. The number of pyridine rings is 1. The Morgan fingerprint density at radius 1 is 1.10 bits per heavy atom. The summed E-state index contributed by atoms with van der Waals surface area (Å²) in [6, 6.07) is 12.9. The van der Waals surface area contributed by atoms with Crippen LogP contribution in [0.15, 0.2) is 36.5 Å². The van der Waals surface area contributed by atoms with Gasteiger partial charge in [-0.05, 0) is 73.5 Å². The molecule has 4 heterocycles. The van der Waals surface area contributed by atoms with Gasteiger partial charge in [0.1, 0.15) is 0 Å². The topological polar surface area (TPSA) is 21.1 Å². The summed E-state index contributed by atoms with van der Waals surface area (Å²) < 4.78 is 2.63. The number of aromatic nitrogens is 2. The Bertz CT molecular complexity index is 1050. The second kappa shape index (κ2) is 6.70. The molecule has 152 valence electrons. The van der Waals surface area contributed by atoms with Crippen LogP contribution < -0.4 is 0 Å². The van der Waals surface area contributed by atoms with Crippen molar-refractivity contribution in [3.05, 3.63) is 64.6 Å². The molecule has 0 radical (unpaired) electrons. The third-order valence-corrected chi connectivity index (χ3v) is 7.28. The maximum Gasteiger partial charge on any atom is 0.0486 e. The largest absolute Gasteiger partial charge is 0.344 e. The molecule has 3 nitrogen and oxygen atoms in total. The molecule has 0 aliphatic carbocycles. The maximum atomic E-state index is 4.50. The molecule has 29 heavy (non-hydrogen) atoms. The highest BCUT2D eigenvalue weighted by Gasteiger charge is 2.40. The zero-order chi connectivity index (χ0) is 20.3. The molecule has 2 unspecified atom stereocenters. The summed E-state index contributed by atoms with van der Waals surface area (Å²) in [4.78, 5) is 7.13. The summed E-state index contributed by atoms with van der Waals surface area (Å²) in [5, 5.41) is 1.49. The van der Waals surface area contributed by atoms with Crippen molar-refractivity contribution in [3.8, 4) is 0 Å². The first kappa shape index (κ1) is 18.9. The molecule has 3 heteroatoms. The van der Waals surface area contributed by atoms with Gasteiger partial charge in [-0.2, -0.15) is 0 Å². The van der Waals surface area contributed by atoms with Crippen LogP contribution in [0.2, 0.25) is 0 Å². The number of hydrogen-bond acceptors (Lipinski definition) is 2. The summed E-state index contributed by atoms with van der Waals surface area (Å²) in [5.41, 5.74) is 8.66. The van der Waals surface area contributed by atoms with E-state index in [9.17, 15) is 0 Å². The molecular formula is C26H33N3. The van der Waals surface area contributed by atoms with Gasteiger partial charge in [-0.25, -0.2) is 0 Å². The predicted octanol–water partition coefficient (Wildman–Crippen LogP) is 5.58. The predicted molar refractivity (Wildman–Crippen MR) is 121 cm³/mol. The van der Waals surface area contributed by atoms with Gasteiger partial charge in [-0.1, -0.05) is 32.9 Å². The van der Waals surface area contributed by atoms with Gasteiger partial charge in [0.25, 0.3) is 0 Å². The van der Waals surface area contributed by atoms with Crippen molar-refractivity contribution in [2.45, 2.75) is 77.4 Å². The molecule has 0 N–H and O–H groups in total. The van der Waals surface area contributed by atoms with E-state index >= 15 is 0 Å². The zero-order valence-corrected chi connectivity index (χ0v) is 18.5. The minimum absolute atomic E-state index is 0.176. The third-order valence-electron chi connectivity index (χ3n) is 7.28. The minimum Gasteiger partial charge on any atom is -0.344 e. The standard InChI is InChI=1S/C26H33N3/c1-17-6-7-18(16-27-17)12-13-29-22-10-8-19(26(2,3)4)14-21(22)25-23-11-9-20(28(23)5)15-24(25)29/h6-8,10,14,16,20,23H,9,11-13,15H2,1-5H3. The SMILES string of the molecule is Cc1ccc(CCn2c3c(c4cc(C(C)(C)C)ccc42)C2CCC(C3)N2C)cn1. The van der Waals surface area contributed by atoms with Crippen molar-refractivity contribution in [1.82, 2.24) is 14.5 Å². The summed E-state index contributed by atoms with van der Waals surface area (Å²) in [6.07, 6.45) is 6.90. The molecule has 0 saturated carbocycles. The maximum absolute atomic E-state index is 4.50. The van der Waals surface area contributed by atoms with Gasteiger partial charge in [-0.15, -0.1) is 0 Å². The molecule has 5 rings (SSSR count). The van der Waals surface area contributed by atoms with Crippen LogP contribution in [0, 0.1) is 6.92 Å². The van der Waals surface area contributed by atoms with Gasteiger partial charge in [0.2, 0.25) is 0 Å². The number of aryl methyl sites for hydroxylation is 3. The average molecular weight is 388 g/mol. The first-order chi connectivity index (χ1) is 13.8. The van der Waals surface area contributed by atoms with Crippen LogP contribution in [0.4, 0.5) is 0 Å². The molecule has 0 spiro atoms. The Labute approximate surface area is 174 Å². The second-order valence-electron chi connectivity index (χ2n) is 10.2. The average Bonchev–Trinajstić information content (AvgIpc) is 3.10. The molecule has 2 aliphatic rings. The van der Waals surface area contributed by atoms with E-state index in [-0.39, 0.29) is 5.41 Å².